The maximum absolute atomic E-state index is 11.7. The third-order valence-corrected chi connectivity index (χ3v) is 4.54. The number of carbonyl (C=O) groups excluding carboxylic acids is 1. The Morgan fingerprint density at radius 3 is 3.00 bits per heavy atom. The zero-order chi connectivity index (χ0) is 18.9. The Labute approximate surface area is 150 Å². The quantitative estimate of drug-likeness (QED) is 0.342. The third-order valence-electron chi connectivity index (χ3n) is 3.74. The summed E-state index contributed by atoms with van der Waals surface area (Å²) in [6.45, 7) is 2.19. The van der Waals surface area contributed by atoms with Crippen molar-refractivity contribution in [3.63, 3.8) is 0 Å². The molecule has 2 N–H and O–H groups in total. The van der Waals surface area contributed by atoms with Crippen molar-refractivity contribution >= 4 is 14.1 Å². The lowest BCUT2D eigenvalue weighted by Gasteiger charge is -2.13. The fourth-order valence-corrected chi connectivity index (χ4v) is 3.03. The number of hydrogen-bond acceptors (Lipinski definition) is 7. The molecule has 11 heteroatoms. The van der Waals surface area contributed by atoms with Crippen LogP contribution in [0.3, 0.4) is 0 Å². The minimum atomic E-state index is -2.22. The molecule has 0 radical (unpaired) electrons. The number of hydrogen-bond donors (Lipinski definition) is 2. The first-order valence-corrected chi connectivity index (χ1v) is 9.63. The molecule has 1 saturated heterocycles. The van der Waals surface area contributed by atoms with Crippen molar-refractivity contribution in [3.8, 4) is 0 Å². The summed E-state index contributed by atoms with van der Waals surface area (Å²) in [5, 5.41) is 2.45. The Morgan fingerprint density at radius 2 is 2.27 bits per heavy atom. The van der Waals surface area contributed by atoms with E-state index in [0.717, 1.165) is 12.8 Å². The number of rotatable bonds is 10. The SMILES string of the molecule is CCCCOC(=O)CN[P+](=O)OCC1CCC(n2ccc(=O)[nH]c2=O)O1. The van der Waals surface area contributed by atoms with Crippen LogP contribution in [0.15, 0.2) is 21.9 Å². The second kappa shape index (κ2) is 10.3. The van der Waals surface area contributed by atoms with E-state index in [0.29, 0.717) is 19.4 Å². The van der Waals surface area contributed by atoms with Crippen molar-refractivity contribution in [2.24, 2.45) is 0 Å². The van der Waals surface area contributed by atoms with Crippen LogP contribution < -0.4 is 16.3 Å². The summed E-state index contributed by atoms with van der Waals surface area (Å²) in [5.74, 6) is -0.486. The van der Waals surface area contributed by atoms with Gasteiger partial charge in [-0.2, -0.15) is 0 Å². The van der Waals surface area contributed by atoms with E-state index in [4.69, 9.17) is 14.0 Å². The first-order valence-electron chi connectivity index (χ1n) is 8.45. The molecule has 0 aromatic carbocycles. The standard InChI is InChI=1S/C15H22N3O7P/c1-2-3-8-23-14(20)9-16-26(22)24-10-11-4-5-13(25-11)18-7-6-12(19)17-15(18)21/h6-7,11,13H,2-5,8-10H2,1H3,(H-,16,17,19,21,22)/p+1. The number of aromatic amines is 1. The monoisotopic (exact) mass is 388 g/mol. The van der Waals surface area contributed by atoms with Crippen LogP contribution >= 0.6 is 8.18 Å². The number of carbonyl (C=O) groups is 1. The van der Waals surface area contributed by atoms with E-state index < -0.39 is 31.6 Å². The van der Waals surface area contributed by atoms with E-state index in [2.05, 4.69) is 10.1 Å². The molecule has 10 nitrogen and oxygen atoms in total. The fraction of sp³-hybridized carbons (Fsp3) is 0.667. The molecule has 1 aliphatic rings. The molecule has 1 fully saturated rings. The average molecular weight is 388 g/mol. The van der Waals surface area contributed by atoms with E-state index >= 15 is 0 Å². The van der Waals surface area contributed by atoms with Crippen LogP contribution in [0.5, 0.6) is 0 Å². The Kier molecular flexibility index (Phi) is 8.11. The third kappa shape index (κ3) is 6.45. The molecule has 0 aliphatic carbocycles. The lowest BCUT2D eigenvalue weighted by Crippen LogP contribution is -2.31. The molecule has 1 aliphatic heterocycles. The Hall–Kier alpha value is -1.87. The molecular weight excluding hydrogens is 365 g/mol. The highest BCUT2D eigenvalue weighted by atomic mass is 31.1. The van der Waals surface area contributed by atoms with Gasteiger partial charge in [-0.25, -0.2) is 4.79 Å². The molecule has 3 unspecified atom stereocenters. The number of aromatic nitrogens is 2. The second-order valence-corrected chi connectivity index (χ2v) is 6.86. The van der Waals surface area contributed by atoms with Crippen LogP contribution in [0.1, 0.15) is 38.8 Å². The second-order valence-electron chi connectivity index (χ2n) is 5.77. The van der Waals surface area contributed by atoms with Crippen molar-refractivity contribution in [2.75, 3.05) is 19.8 Å². The summed E-state index contributed by atoms with van der Waals surface area (Å²) in [6, 6.07) is 1.25. The molecule has 2 rings (SSSR count). The van der Waals surface area contributed by atoms with Gasteiger partial charge >= 0.3 is 19.8 Å². The summed E-state index contributed by atoms with van der Waals surface area (Å²) in [6.07, 6.45) is 3.41. The van der Waals surface area contributed by atoms with E-state index in [1.807, 2.05) is 6.92 Å². The molecular formula is C15H23N3O7P+. The number of nitrogens with one attached hydrogen (secondary N) is 2. The first-order chi connectivity index (χ1) is 12.5. The van der Waals surface area contributed by atoms with Crippen LogP contribution in [0.2, 0.25) is 0 Å². The van der Waals surface area contributed by atoms with Gasteiger partial charge in [-0.1, -0.05) is 18.4 Å². The van der Waals surface area contributed by atoms with Gasteiger partial charge in [0.25, 0.3) is 5.56 Å². The molecule has 0 saturated carbocycles. The number of unbranched alkanes of at least 4 members (excludes halogenated alkanes) is 1. The predicted octanol–water partition coefficient (Wildman–Crippen LogP) is 0.821. The van der Waals surface area contributed by atoms with Crippen LogP contribution in [0.25, 0.3) is 0 Å². The largest absolute Gasteiger partial charge is 0.613 e. The molecule has 1 aromatic rings. The zero-order valence-electron chi connectivity index (χ0n) is 14.5. The number of nitrogens with zero attached hydrogens (tertiary/aromatic N) is 1. The molecule has 2 heterocycles. The summed E-state index contributed by atoms with van der Waals surface area (Å²) in [7, 11) is -2.22. The van der Waals surface area contributed by atoms with E-state index in [1.165, 1.54) is 16.8 Å². The summed E-state index contributed by atoms with van der Waals surface area (Å²) < 4.78 is 28.8. The lowest BCUT2D eigenvalue weighted by atomic mass is 10.2. The van der Waals surface area contributed by atoms with Gasteiger partial charge in [-0.05, 0) is 23.8 Å². The minimum Gasteiger partial charge on any atom is -0.465 e. The summed E-state index contributed by atoms with van der Waals surface area (Å²) >= 11 is 0. The van der Waals surface area contributed by atoms with Crippen molar-refractivity contribution in [2.45, 2.75) is 44.9 Å². The van der Waals surface area contributed by atoms with Crippen LogP contribution in [0.4, 0.5) is 0 Å². The Morgan fingerprint density at radius 1 is 1.46 bits per heavy atom. The van der Waals surface area contributed by atoms with Crippen LogP contribution in [-0.2, 0) is 23.4 Å². The normalized spacial score (nSPS) is 20.1. The number of ether oxygens (including phenoxy) is 2. The molecule has 3 atom stereocenters. The molecule has 0 spiro atoms. The minimum absolute atomic E-state index is 0.0572. The van der Waals surface area contributed by atoms with Gasteiger partial charge in [-0.15, -0.1) is 4.52 Å². The van der Waals surface area contributed by atoms with E-state index in [1.54, 1.807) is 0 Å². The van der Waals surface area contributed by atoms with Crippen LogP contribution in [0, 0.1) is 0 Å². The number of esters is 1. The smallest absolute Gasteiger partial charge is 0.465 e. The van der Waals surface area contributed by atoms with Gasteiger partial charge in [-0.3, -0.25) is 19.1 Å². The summed E-state index contributed by atoms with van der Waals surface area (Å²) in [5.41, 5.74) is -1.01. The van der Waals surface area contributed by atoms with Gasteiger partial charge in [0.2, 0.25) is 0 Å². The van der Waals surface area contributed by atoms with Gasteiger partial charge in [0.1, 0.15) is 19.4 Å². The maximum atomic E-state index is 11.7. The highest BCUT2D eigenvalue weighted by Gasteiger charge is 2.31. The predicted molar refractivity (Wildman–Crippen MR) is 91.9 cm³/mol. The Bertz CT molecular complexity index is 732. The fourth-order valence-electron chi connectivity index (χ4n) is 2.37. The van der Waals surface area contributed by atoms with Crippen molar-refractivity contribution in [1.29, 1.82) is 0 Å². The van der Waals surface area contributed by atoms with Gasteiger partial charge < -0.3 is 9.47 Å². The van der Waals surface area contributed by atoms with Gasteiger partial charge in [0.05, 0.1) is 12.7 Å². The Balaban J connectivity index is 1.69. The zero-order valence-corrected chi connectivity index (χ0v) is 15.4. The molecule has 0 bridgehead atoms. The van der Waals surface area contributed by atoms with Crippen LogP contribution in [-0.4, -0.2) is 41.4 Å². The average Bonchev–Trinajstić information content (AvgIpc) is 3.07. The van der Waals surface area contributed by atoms with Crippen molar-refractivity contribution in [3.05, 3.63) is 33.1 Å². The highest BCUT2D eigenvalue weighted by molar-refractivity contribution is 7.36. The summed E-state index contributed by atoms with van der Waals surface area (Å²) in [4.78, 5) is 36.4. The lowest BCUT2D eigenvalue weighted by molar-refractivity contribution is -0.142. The molecule has 144 valence electrons. The molecule has 0 amide bonds. The van der Waals surface area contributed by atoms with E-state index in [-0.39, 0.29) is 19.3 Å². The van der Waals surface area contributed by atoms with Gasteiger partial charge in [0.15, 0.2) is 0 Å². The van der Waals surface area contributed by atoms with Gasteiger partial charge in [0, 0.05) is 12.3 Å². The molecule has 1 aromatic heterocycles. The highest BCUT2D eigenvalue weighted by Crippen LogP contribution is 2.29. The maximum Gasteiger partial charge on any atom is 0.613 e. The van der Waals surface area contributed by atoms with E-state index in [9.17, 15) is 18.9 Å². The number of H-pyrrole nitrogens is 1. The molecule has 26 heavy (non-hydrogen) atoms. The first kappa shape index (κ1) is 20.4. The van der Waals surface area contributed by atoms with Crippen molar-refractivity contribution in [1.82, 2.24) is 14.6 Å². The topological polar surface area (TPSA) is 129 Å². The van der Waals surface area contributed by atoms with Crippen molar-refractivity contribution < 1.29 is 23.4 Å².